The Hall–Kier alpha value is -1.84. The van der Waals surface area contributed by atoms with Crippen molar-refractivity contribution in [2.45, 2.75) is 19.3 Å². The lowest BCUT2D eigenvalue weighted by Gasteiger charge is -2.28. The molecule has 2 heterocycles. The highest BCUT2D eigenvalue weighted by atomic mass is 32.2. The summed E-state index contributed by atoms with van der Waals surface area (Å²) in [7, 11) is -4.13. The number of anilines is 1. The summed E-state index contributed by atoms with van der Waals surface area (Å²) >= 11 is 0. The molecular weight excluding hydrogens is 348 g/mol. The van der Waals surface area contributed by atoms with Crippen molar-refractivity contribution < 1.29 is 32.1 Å². The van der Waals surface area contributed by atoms with E-state index in [0.717, 1.165) is 25.9 Å². The van der Waals surface area contributed by atoms with E-state index >= 15 is 0 Å². The lowest BCUT2D eigenvalue weighted by molar-refractivity contribution is -0.905. The molecule has 0 spiro atoms. The maximum atomic E-state index is 12.4. The smallest absolute Gasteiger partial charge is 0.231 e. The second-order valence-corrected chi connectivity index (χ2v) is 7.97. The zero-order valence-corrected chi connectivity index (χ0v) is 14.6. The Labute approximate surface area is 146 Å². The molecule has 1 fully saturated rings. The molecule has 9 heteroatoms. The Morgan fingerprint density at radius 1 is 1.24 bits per heavy atom. The van der Waals surface area contributed by atoms with Crippen molar-refractivity contribution >= 4 is 21.7 Å². The van der Waals surface area contributed by atoms with Crippen LogP contribution in [0.5, 0.6) is 11.5 Å². The van der Waals surface area contributed by atoms with Crippen molar-refractivity contribution in [3.05, 3.63) is 18.2 Å². The zero-order chi connectivity index (χ0) is 17.9. The third kappa shape index (κ3) is 5.07. The van der Waals surface area contributed by atoms with Crippen LogP contribution in [0.3, 0.4) is 0 Å². The molecule has 0 bridgehead atoms. The summed E-state index contributed by atoms with van der Waals surface area (Å²) in [6.07, 6.45) is 1.86. The van der Waals surface area contributed by atoms with Crippen LogP contribution < -0.4 is 19.7 Å². The van der Waals surface area contributed by atoms with Crippen LogP contribution in [-0.4, -0.2) is 51.1 Å². The molecule has 0 unspecified atom stereocenters. The number of hydrogen-bond acceptors (Lipinski definition) is 6. The molecule has 25 heavy (non-hydrogen) atoms. The fraction of sp³-hybridized carbons (Fsp3) is 0.562. The monoisotopic (exact) mass is 370 g/mol. The Kier molecular flexibility index (Phi) is 5.45. The van der Waals surface area contributed by atoms with Crippen LogP contribution >= 0.6 is 0 Å². The topological polar surface area (TPSA) is 109 Å². The number of ether oxygens (including phenoxy) is 2. The van der Waals surface area contributed by atoms with Gasteiger partial charge in [-0.25, -0.2) is 8.42 Å². The normalized spacial score (nSPS) is 22.6. The fourth-order valence-electron chi connectivity index (χ4n) is 3.26. The van der Waals surface area contributed by atoms with Crippen molar-refractivity contribution in [2.24, 2.45) is 5.92 Å². The minimum atomic E-state index is -4.13. The van der Waals surface area contributed by atoms with Crippen molar-refractivity contribution in [1.29, 1.82) is 0 Å². The number of quaternary nitrogens is 1. The van der Waals surface area contributed by atoms with Gasteiger partial charge >= 0.3 is 0 Å². The van der Waals surface area contributed by atoms with E-state index in [-0.39, 0.29) is 24.4 Å². The molecular formula is C16H22N2O6S. The lowest BCUT2D eigenvalue weighted by atomic mass is 9.95. The summed E-state index contributed by atoms with van der Waals surface area (Å²) in [5, 5.41) is 2.91. The molecule has 2 N–H and O–H groups in total. The Morgan fingerprint density at radius 2 is 1.96 bits per heavy atom. The zero-order valence-electron chi connectivity index (χ0n) is 13.8. The number of carbonyl (C=O) groups is 1. The summed E-state index contributed by atoms with van der Waals surface area (Å²) in [5.41, 5.74) is 0.685. The third-order valence-electron chi connectivity index (χ3n) is 4.63. The fourth-order valence-corrected chi connectivity index (χ4v) is 3.75. The van der Waals surface area contributed by atoms with Crippen LogP contribution in [-0.2, 0) is 14.9 Å². The number of likely N-dealkylation sites (tertiary alicyclic amines) is 1. The standard InChI is InChI=1S/C16H22N2O6S/c19-16(17-13-2-3-14-15(10-13)24-11-23-14)12-4-7-18(8-5-12)6-1-9-25(20,21)22/h2-3,10,12H,1,4-9,11H2,(H,17,19)(H,20,21,22). The maximum absolute atomic E-state index is 12.4. The largest absolute Gasteiger partial charge is 0.748 e. The van der Waals surface area contributed by atoms with Gasteiger partial charge in [0.15, 0.2) is 11.5 Å². The summed E-state index contributed by atoms with van der Waals surface area (Å²) in [4.78, 5) is 13.7. The van der Waals surface area contributed by atoms with E-state index in [2.05, 4.69) is 5.32 Å². The van der Waals surface area contributed by atoms with Crippen LogP contribution in [0.25, 0.3) is 0 Å². The van der Waals surface area contributed by atoms with Crippen molar-refractivity contribution in [2.75, 3.05) is 37.5 Å². The van der Waals surface area contributed by atoms with Crippen molar-refractivity contribution in [3.8, 4) is 11.5 Å². The number of nitrogens with one attached hydrogen (secondary N) is 2. The molecule has 8 nitrogen and oxygen atoms in total. The van der Waals surface area contributed by atoms with Gasteiger partial charge < -0.3 is 24.2 Å². The SMILES string of the molecule is O=C(Nc1ccc2c(c1)OCO2)C1CC[NH+](CCCS(=O)(=O)[O-])CC1. The first-order valence-electron chi connectivity index (χ1n) is 8.38. The summed E-state index contributed by atoms with van der Waals surface area (Å²) in [6, 6.07) is 5.31. The van der Waals surface area contributed by atoms with Gasteiger partial charge in [0.2, 0.25) is 12.7 Å². The van der Waals surface area contributed by atoms with Gasteiger partial charge in [0.1, 0.15) is 0 Å². The van der Waals surface area contributed by atoms with E-state index in [1.54, 1.807) is 18.2 Å². The Bertz CT molecular complexity index is 728. The first kappa shape index (κ1) is 18.0. The van der Waals surface area contributed by atoms with Gasteiger partial charge in [0, 0.05) is 42.7 Å². The molecule has 1 aromatic rings. The molecule has 0 aromatic heterocycles. The third-order valence-corrected chi connectivity index (χ3v) is 5.42. The number of hydrogen-bond donors (Lipinski definition) is 2. The van der Waals surface area contributed by atoms with Gasteiger partial charge in [0.05, 0.1) is 29.8 Å². The summed E-state index contributed by atoms with van der Waals surface area (Å²) in [5.74, 6) is 0.919. The highest BCUT2D eigenvalue weighted by Crippen LogP contribution is 2.34. The molecule has 0 saturated carbocycles. The highest BCUT2D eigenvalue weighted by Gasteiger charge is 2.27. The molecule has 138 valence electrons. The van der Waals surface area contributed by atoms with Gasteiger partial charge in [-0.3, -0.25) is 4.79 Å². The second-order valence-electron chi connectivity index (χ2n) is 6.45. The van der Waals surface area contributed by atoms with Gasteiger partial charge in [-0.15, -0.1) is 0 Å². The number of carbonyl (C=O) groups excluding carboxylic acids is 1. The van der Waals surface area contributed by atoms with Crippen LogP contribution in [0.15, 0.2) is 18.2 Å². The molecule has 3 rings (SSSR count). The van der Waals surface area contributed by atoms with Crippen LogP contribution in [0.2, 0.25) is 0 Å². The Morgan fingerprint density at radius 3 is 2.68 bits per heavy atom. The first-order chi connectivity index (χ1) is 11.9. The van der Waals surface area contributed by atoms with Gasteiger partial charge in [-0.2, -0.15) is 0 Å². The molecule has 1 amide bonds. The predicted molar refractivity (Wildman–Crippen MR) is 88.7 cm³/mol. The molecule has 0 atom stereocenters. The minimum Gasteiger partial charge on any atom is -0.748 e. The average Bonchev–Trinajstić information content (AvgIpc) is 3.02. The Balaban J connectivity index is 1.44. The average molecular weight is 370 g/mol. The molecule has 1 aromatic carbocycles. The molecule has 2 aliphatic heterocycles. The molecule has 0 aliphatic carbocycles. The number of amides is 1. The molecule has 2 aliphatic rings. The second kappa shape index (κ2) is 7.59. The number of rotatable bonds is 6. The predicted octanol–water partition coefficient (Wildman–Crippen LogP) is -0.416. The van der Waals surface area contributed by atoms with Crippen molar-refractivity contribution in [3.63, 3.8) is 0 Å². The van der Waals surface area contributed by atoms with Gasteiger partial charge in [0.25, 0.3) is 0 Å². The van der Waals surface area contributed by atoms with E-state index < -0.39 is 10.1 Å². The summed E-state index contributed by atoms with van der Waals surface area (Å²) < 4.78 is 42.4. The number of fused-ring (bicyclic) bond motifs is 1. The van der Waals surface area contributed by atoms with Gasteiger partial charge in [-0.05, 0) is 12.1 Å². The van der Waals surface area contributed by atoms with E-state index in [9.17, 15) is 17.8 Å². The minimum absolute atomic E-state index is 0.0138. The van der Waals surface area contributed by atoms with E-state index in [1.165, 1.54) is 4.90 Å². The summed E-state index contributed by atoms with van der Waals surface area (Å²) in [6.45, 7) is 2.45. The number of piperidine rings is 1. The van der Waals surface area contributed by atoms with Crippen LogP contribution in [0, 0.1) is 5.92 Å². The van der Waals surface area contributed by atoms with Crippen LogP contribution in [0.4, 0.5) is 5.69 Å². The maximum Gasteiger partial charge on any atom is 0.231 e. The quantitative estimate of drug-likeness (QED) is 0.659. The molecule has 0 radical (unpaired) electrons. The van der Waals surface area contributed by atoms with Crippen molar-refractivity contribution in [1.82, 2.24) is 0 Å². The van der Waals surface area contributed by atoms with E-state index in [0.29, 0.717) is 30.2 Å². The van der Waals surface area contributed by atoms with Gasteiger partial charge in [-0.1, -0.05) is 0 Å². The van der Waals surface area contributed by atoms with Crippen LogP contribution in [0.1, 0.15) is 19.3 Å². The lowest BCUT2D eigenvalue weighted by Crippen LogP contribution is -3.13. The number of benzene rings is 1. The first-order valence-corrected chi connectivity index (χ1v) is 9.96. The van der Waals surface area contributed by atoms with E-state index in [1.807, 2.05) is 0 Å². The molecule has 1 saturated heterocycles. The highest BCUT2D eigenvalue weighted by molar-refractivity contribution is 7.85. The van der Waals surface area contributed by atoms with E-state index in [4.69, 9.17) is 9.47 Å².